The summed E-state index contributed by atoms with van der Waals surface area (Å²) in [6, 6.07) is 5.42. The van der Waals surface area contributed by atoms with E-state index in [4.69, 9.17) is 0 Å². The molecule has 0 saturated carbocycles. The van der Waals surface area contributed by atoms with E-state index in [0.717, 1.165) is 35.7 Å². The van der Waals surface area contributed by atoms with Crippen molar-refractivity contribution < 1.29 is 14.7 Å². The maximum absolute atomic E-state index is 12.6. The number of carboxylic acids is 1. The van der Waals surface area contributed by atoms with Crippen molar-refractivity contribution in [3.63, 3.8) is 0 Å². The van der Waals surface area contributed by atoms with Gasteiger partial charge >= 0.3 is 5.97 Å². The Balaban J connectivity index is 1.84. The summed E-state index contributed by atoms with van der Waals surface area (Å²) in [6.07, 6.45) is 5.35. The molecule has 1 aromatic carbocycles. The molecule has 1 aliphatic heterocycles. The lowest BCUT2D eigenvalue weighted by atomic mass is 10.0. The van der Waals surface area contributed by atoms with E-state index in [2.05, 4.69) is 18.0 Å². The summed E-state index contributed by atoms with van der Waals surface area (Å²) in [5.41, 5.74) is 3.24. The number of hydrogen-bond donors (Lipinski definition) is 2. The molecule has 2 N–H and O–H groups in total. The van der Waals surface area contributed by atoms with Gasteiger partial charge in [0.1, 0.15) is 6.04 Å². The second kappa shape index (κ2) is 6.44. The first-order valence-corrected chi connectivity index (χ1v) is 8.22. The van der Waals surface area contributed by atoms with Gasteiger partial charge in [-0.3, -0.25) is 4.79 Å². The Hall–Kier alpha value is -2.30. The number of rotatable bonds is 4. The number of aromatic amines is 1. The molecule has 1 aromatic heterocycles. The minimum absolute atomic E-state index is 0.0973. The van der Waals surface area contributed by atoms with Gasteiger partial charge in [0.05, 0.1) is 6.42 Å². The van der Waals surface area contributed by atoms with Crippen LogP contribution in [0.15, 0.2) is 24.4 Å². The van der Waals surface area contributed by atoms with Crippen molar-refractivity contribution in [1.29, 1.82) is 0 Å². The van der Waals surface area contributed by atoms with Crippen LogP contribution in [0.1, 0.15) is 37.3 Å². The van der Waals surface area contributed by atoms with Crippen LogP contribution < -0.4 is 0 Å². The van der Waals surface area contributed by atoms with E-state index < -0.39 is 12.0 Å². The number of carboxylic acid groups (broad SMARTS) is 1. The highest BCUT2D eigenvalue weighted by atomic mass is 16.4. The Morgan fingerprint density at radius 3 is 2.87 bits per heavy atom. The molecule has 23 heavy (non-hydrogen) atoms. The van der Waals surface area contributed by atoms with Gasteiger partial charge in [-0.2, -0.15) is 0 Å². The molecular weight excluding hydrogens is 292 g/mol. The molecule has 1 atom stereocenters. The molecule has 122 valence electrons. The summed E-state index contributed by atoms with van der Waals surface area (Å²) in [7, 11) is 0. The maximum Gasteiger partial charge on any atom is 0.326 e. The molecule has 0 radical (unpaired) electrons. The zero-order chi connectivity index (χ0) is 16.4. The van der Waals surface area contributed by atoms with Gasteiger partial charge < -0.3 is 15.0 Å². The lowest BCUT2D eigenvalue weighted by molar-refractivity contribution is -0.151. The second-order valence-electron chi connectivity index (χ2n) is 6.12. The molecule has 2 aromatic rings. The fourth-order valence-electron chi connectivity index (χ4n) is 3.47. The molecule has 3 rings (SSSR count). The minimum Gasteiger partial charge on any atom is -0.480 e. The number of carbonyl (C=O) groups is 2. The Morgan fingerprint density at radius 1 is 1.30 bits per heavy atom. The van der Waals surface area contributed by atoms with Crippen molar-refractivity contribution in [1.82, 2.24) is 9.88 Å². The molecule has 1 amide bonds. The second-order valence-corrected chi connectivity index (χ2v) is 6.12. The predicted octanol–water partition coefficient (Wildman–Crippen LogP) is 2.74. The quantitative estimate of drug-likeness (QED) is 0.911. The van der Waals surface area contributed by atoms with E-state index in [1.807, 2.05) is 18.3 Å². The summed E-state index contributed by atoms with van der Waals surface area (Å²) in [6.45, 7) is 2.64. The Morgan fingerprint density at radius 2 is 2.13 bits per heavy atom. The van der Waals surface area contributed by atoms with Crippen LogP contribution in [0.25, 0.3) is 10.9 Å². The summed E-state index contributed by atoms with van der Waals surface area (Å²) in [5.74, 6) is -0.995. The zero-order valence-corrected chi connectivity index (χ0v) is 13.3. The van der Waals surface area contributed by atoms with Crippen LogP contribution in [0.5, 0.6) is 0 Å². The number of aliphatic carboxylic acids is 1. The maximum atomic E-state index is 12.6. The Labute approximate surface area is 135 Å². The third kappa shape index (κ3) is 2.96. The number of fused-ring (bicyclic) bond motifs is 1. The van der Waals surface area contributed by atoms with Crippen molar-refractivity contribution in [3.8, 4) is 0 Å². The number of nitrogens with one attached hydrogen (secondary N) is 1. The smallest absolute Gasteiger partial charge is 0.326 e. The summed E-state index contributed by atoms with van der Waals surface area (Å²) in [4.78, 5) is 28.8. The van der Waals surface area contributed by atoms with Crippen molar-refractivity contribution in [3.05, 3.63) is 35.5 Å². The molecule has 1 unspecified atom stereocenters. The van der Waals surface area contributed by atoms with E-state index in [1.54, 1.807) is 0 Å². The number of amides is 1. The predicted molar refractivity (Wildman–Crippen MR) is 88.4 cm³/mol. The third-order valence-corrected chi connectivity index (χ3v) is 4.72. The number of carbonyl (C=O) groups excluding carboxylic acids is 1. The Bertz CT molecular complexity index is 735. The number of aryl methyl sites for hydroxylation is 1. The number of para-hydroxylation sites is 1. The highest BCUT2D eigenvalue weighted by Gasteiger charge is 2.31. The van der Waals surface area contributed by atoms with Crippen molar-refractivity contribution in [2.24, 2.45) is 0 Å². The average Bonchev–Trinajstić information content (AvgIpc) is 2.97. The Kier molecular flexibility index (Phi) is 4.37. The monoisotopic (exact) mass is 314 g/mol. The van der Waals surface area contributed by atoms with Crippen LogP contribution in [0.2, 0.25) is 0 Å². The van der Waals surface area contributed by atoms with Gasteiger partial charge in [0.15, 0.2) is 0 Å². The van der Waals surface area contributed by atoms with Gasteiger partial charge in [0, 0.05) is 23.6 Å². The van der Waals surface area contributed by atoms with Crippen molar-refractivity contribution >= 4 is 22.8 Å². The van der Waals surface area contributed by atoms with Crippen LogP contribution in [0.4, 0.5) is 0 Å². The molecule has 1 saturated heterocycles. The number of piperidine rings is 1. The van der Waals surface area contributed by atoms with E-state index in [1.165, 1.54) is 10.5 Å². The number of aromatic nitrogens is 1. The normalized spacial score (nSPS) is 18.3. The first kappa shape index (κ1) is 15.6. The number of benzene rings is 1. The van der Waals surface area contributed by atoms with Crippen LogP contribution >= 0.6 is 0 Å². The average molecular weight is 314 g/mol. The molecule has 2 heterocycles. The molecule has 1 aliphatic rings. The standard InChI is InChI=1S/C18H22N2O3/c1-2-12-6-5-7-14-13(11-19-17(12)14)10-16(21)20-9-4-3-8-15(20)18(22)23/h5-7,11,15,19H,2-4,8-10H2,1H3,(H,22,23). The van der Waals surface area contributed by atoms with E-state index in [-0.39, 0.29) is 12.3 Å². The molecule has 1 fully saturated rings. The number of nitrogens with zero attached hydrogens (tertiary/aromatic N) is 1. The highest BCUT2D eigenvalue weighted by Crippen LogP contribution is 2.24. The third-order valence-electron chi connectivity index (χ3n) is 4.72. The van der Waals surface area contributed by atoms with Gasteiger partial charge in [-0.15, -0.1) is 0 Å². The van der Waals surface area contributed by atoms with E-state index in [0.29, 0.717) is 13.0 Å². The van der Waals surface area contributed by atoms with E-state index in [9.17, 15) is 14.7 Å². The van der Waals surface area contributed by atoms with Crippen LogP contribution in [0, 0.1) is 0 Å². The number of likely N-dealkylation sites (tertiary alicyclic amines) is 1. The van der Waals surface area contributed by atoms with Crippen LogP contribution in [-0.4, -0.2) is 39.5 Å². The molecular formula is C18H22N2O3. The van der Waals surface area contributed by atoms with Gasteiger partial charge in [-0.25, -0.2) is 4.79 Å². The summed E-state index contributed by atoms with van der Waals surface area (Å²) >= 11 is 0. The number of H-pyrrole nitrogens is 1. The number of hydrogen-bond acceptors (Lipinski definition) is 2. The molecule has 0 aliphatic carbocycles. The van der Waals surface area contributed by atoms with Gasteiger partial charge in [0.25, 0.3) is 0 Å². The fraction of sp³-hybridized carbons (Fsp3) is 0.444. The SMILES string of the molecule is CCc1cccc2c(CC(=O)N3CCCCC3C(=O)O)c[nH]c12. The van der Waals surface area contributed by atoms with Gasteiger partial charge in [-0.05, 0) is 36.8 Å². The summed E-state index contributed by atoms with van der Waals surface area (Å²) < 4.78 is 0. The highest BCUT2D eigenvalue weighted by molar-refractivity contribution is 5.92. The minimum atomic E-state index is -0.898. The van der Waals surface area contributed by atoms with E-state index >= 15 is 0 Å². The molecule has 5 heteroatoms. The topological polar surface area (TPSA) is 73.4 Å². The summed E-state index contributed by atoms with van der Waals surface area (Å²) in [5, 5.41) is 10.4. The zero-order valence-electron chi connectivity index (χ0n) is 13.3. The lowest BCUT2D eigenvalue weighted by Gasteiger charge is -2.33. The lowest BCUT2D eigenvalue weighted by Crippen LogP contribution is -2.48. The first-order chi connectivity index (χ1) is 11.1. The first-order valence-electron chi connectivity index (χ1n) is 8.22. The van der Waals surface area contributed by atoms with Crippen LogP contribution in [0.3, 0.4) is 0 Å². The van der Waals surface area contributed by atoms with Gasteiger partial charge in [-0.1, -0.05) is 25.1 Å². The van der Waals surface area contributed by atoms with Crippen molar-refractivity contribution in [2.45, 2.75) is 45.1 Å². The van der Waals surface area contributed by atoms with Gasteiger partial charge in [0.2, 0.25) is 5.91 Å². The molecule has 5 nitrogen and oxygen atoms in total. The van der Waals surface area contributed by atoms with Crippen molar-refractivity contribution in [2.75, 3.05) is 6.54 Å². The fourth-order valence-corrected chi connectivity index (χ4v) is 3.47. The molecule has 0 bridgehead atoms. The molecule has 0 spiro atoms. The van der Waals surface area contributed by atoms with Crippen LogP contribution in [-0.2, 0) is 22.4 Å². The largest absolute Gasteiger partial charge is 0.480 e.